The van der Waals surface area contributed by atoms with Gasteiger partial charge >= 0.3 is 0 Å². The number of hydrogen-bond acceptors (Lipinski definition) is 0. The predicted octanol–water partition coefficient (Wildman–Crippen LogP) is 3.87. The van der Waals surface area contributed by atoms with E-state index in [1.165, 1.54) is 11.5 Å². The molecule has 0 spiro atoms. The van der Waals surface area contributed by atoms with Crippen LogP contribution in [0.3, 0.4) is 0 Å². The molecule has 0 amide bonds. The van der Waals surface area contributed by atoms with Crippen LogP contribution in [0.2, 0.25) is 0 Å². The maximum Gasteiger partial charge on any atom is -0.0222 e. The Morgan fingerprint density at radius 2 is 1.62 bits per heavy atom. The standard InChI is InChI=1S/C13H19/c1-11(2)13(3,4)10-12-8-6-5-7-9-12/h5-9H,10H2,1-4H3. The van der Waals surface area contributed by atoms with E-state index in [1.54, 1.807) is 0 Å². The van der Waals surface area contributed by atoms with Gasteiger partial charge in [-0.3, -0.25) is 0 Å². The highest BCUT2D eigenvalue weighted by Gasteiger charge is 2.22. The summed E-state index contributed by atoms with van der Waals surface area (Å²) in [7, 11) is 0. The Hall–Kier alpha value is -0.780. The molecule has 0 atom stereocenters. The summed E-state index contributed by atoms with van der Waals surface area (Å²) >= 11 is 0. The van der Waals surface area contributed by atoms with Gasteiger partial charge in [0.25, 0.3) is 0 Å². The molecule has 1 rings (SSSR count). The summed E-state index contributed by atoms with van der Waals surface area (Å²) in [6.07, 6.45) is 1.14. The lowest BCUT2D eigenvalue weighted by Crippen LogP contribution is -2.20. The third-order valence-electron chi connectivity index (χ3n) is 2.84. The minimum absolute atomic E-state index is 0.321. The van der Waals surface area contributed by atoms with Crippen LogP contribution < -0.4 is 0 Å². The second-order valence-electron chi connectivity index (χ2n) is 4.55. The van der Waals surface area contributed by atoms with Gasteiger partial charge in [-0.15, -0.1) is 0 Å². The highest BCUT2D eigenvalue weighted by atomic mass is 14.3. The fourth-order valence-electron chi connectivity index (χ4n) is 1.28. The maximum absolute atomic E-state index is 2.30. The quantitative estimate of drug-likeness (QED) is 0.654. The number of hydrogen-bond donors (Lipinski definition) is 0. The summed E-state index contributed by atoms with van der Waals surface area (Å²) in [5.74, 6) is 1.50. The lowest BCUT2D eigenvalue weighted by Gasteiger charge is -2.28. The molecule has 0 nitrogen and oxygen atoms in total. The Kier molecular flexibility index (Phi) is 3.13. The molecule has 1 aromatic carbocycles. The van der Waals surface area contributed by atoms with Crippen molar-refractivity contribution in [3.8, 4) is 0 Å². The molecular formula is C13H19. The van der Waals surface area contributed by atoms with E-state index in [0.717, 1.165) is 6.42 Å². The van der Waals surface area contributed by atoms with Crippen molar-refractivity contribution in [2.75, 3.05) is 0 Å². The first-order valence-corrected chi connectivity index (χ1v) is 4.87. The molecule has 1 radical (unpaired) electrons. The van der Waals surface area contributed by atoms with Crippen LogP contribution in [0.5, 0.6) is 0 Å². The minimum atomic E-state index is 0.321. The molecule has 0 aliphatic heterocycles. The summed E-state index contributed by atoms with van der Waals surface area (Å²) < 4.78 is 0. The topological polar surface area (TPSA) is 0 Å². The highest BCUT2D eigenvalue weighted by molar-refractivity contribution is 5.18. The van der Waals surface area contributed by atoms with Crippen LogP contribution in [0.25, 0.3) is 0 Å². The smallest absolute Gasteiger partial charge is 0.0222 e. The van der Waals surface area contributed by atoms with E-state index in [-0.39, 0.29) is 0 Å². The monoisotopic (exact) mass is 175 g/mol. The van der Waals surface area contributed by atoms with Crippen LogP contribution in [0.1, 0.15) is 33.3 Å². The van der Waals surface area contributed by atoms with E-state index >= 15 is 0 Å². The van der Waals surface area contributed by atoms with Crippen molar-refractivity contribution in [1.82, 2.24) is 0 Å². The van der Waals surface area contributed by atoms with Crippen molar-refractivity contribution in [3.63, 3.8) is 0 Å². The van der Waals surface area contributed by atoms with Gasteiger partial charge < -0.3 is 0 Å². The van der Waals surface area contributed by atoms with Crippen molar-refractivity contribution in [2.24, 2.45) is 5.41 Å². The average molecular weight is 175 g/mol. The predicted molar refractivity (Wildman–Crippen MR) is 58.5 cm³/mol. The fraction of sp³-hybridized carbons (Fsp3) is 0.462. The first-order valence-electron chi connectivity index (χ1n) is 4.87. The average Bonchev–Trinajstić information content (AvgIpc) is 2.05. The normalized spacial score (nSPS) is 12.1. The van der Waals surface area contributed by atoms with E-state index in [2.05, 4.69) is 58.0 Å². The van der Waals surface area contributed by atoms with E-state index in [1.807, 2.05) is 0 Å². The molecule has 0 aromatic heterocycles. The number of rotatable bonds is 3. The Balaban J connectivity index is 2.69. The molecule has 0 saturated heterocycles. The molecule has 0 fully saturated rings. The van der Waals surface area contributed by atoms with E-state index in [4.69, 9.17) is 0 Å². The summed E-state index contributed by atoms with van der Waals surface area (Å²) in [5.41, 5.74) is 1.75. The summed E-state index contributed by atoms with van der Waals surface area (Å²) in [4.78, 5) is 0. The van der Waals surface area contributed by atoms with Gasteiger partial charge in [-0.05, 0) is 23.3 Å². The zero-order valence-corrected chi connectivity index (χ0v) is 9.09. The molecule has 0 heterocycles. The molecule has 0 aliphatic rings. The van der Waals surface area contributed by atoms with Crippen LogP contribution in [-0.2, 0) is 6.42 Å². The summed E-state index contributed by atoms with van der Waals surface area (Å²) in [6.45, 7) is 9.02. The molecule has 71 valence electrons. The Labute approximate surface area is 82.0 Å². The third-order valence-corrected chi connectivity index (χ3v) is 2.84. The van der Waals surface area contributed by atoms with Gasteiger partial charge in [-0.1, -0.05) is 58.0 Å². The third kappa shape index (κ3) is 2.87. The van der Waals surface area contributed by atoms with Crippen molar-refractivity contribution >= 4 is 0 Å². The molecule has 0 saturated carbocycles. The highest BCUT2D eigenvalue weighted by Crippen LogP contribution is 2.31. The molecule has 0 heteroatoms. The molecule has 13 heavy (non-hydrogen) atoms. The van der Waals surface area contributed by atoms with Crippen molar-refractivity contribution in [3.05, 3.63) is 41.8 Å². The van der Waals surface area contributed by atoms with Crippen molar-refractivity contribution < 1.29 is 0 Å². The van der Waals surface area contributed by atoms with Gasteiger partial charge in [0.05, 0.1) is 0 Å². The summed E-state index contributed by atoms with van der Waals surface area (Å²) in [6, 6.07) is 10.7. The molecule has 0 unspecified atom stereocenters. The van der Waals surface area contributed by atoms with Crippen LogP contribution in [0.15, 0.2) is 30.3 Å². The van der Waals surface area contributed by atoms with Crippen LogP contribution in [0, 0.1) is 11.3 Å². The summed E-state index contributed by atoms with van der Waals surface area (Å²) in [5, 5.41) is 0. The van der Waals surface area contributed by atoms with Crippen LogP contribution in [-0.4, -0.2) is 0 Å². The number of benzene rings is 1. The zero-order chi connectivity index (χ0) is 9.90. The molecular weight excluding hydrogens is 156 g/mol. The van der Waals surface area contributed by atoms with E-state index in [9.17, 15) is 0 Å². The molecule has 1 aromatic rings. The Bertz CT molecular complexity index is 244. The minimum Gasteiger partial charge on any atom is -0.0622 e. The Morgan fingerprint density at radius 3 is 2.08 bits per heavy atom. The van der Waals surface area contributed by atoms with Gasteiger partial charge in [0, 0.05) is 0 Å². The first kappa shape index (κ1) is 10.3. The lowest BCUT2D eigenvalue weighted by molar-refractivity contribution is 0.387. The molecule has 0 aliphatic carbocycles. The van der Waals surface area contributed by atoms with E-state index < -0.39 is 0 Å². The van der Waals surface area contributed by atoms with Gasteiger partial charge in [0.2, 0.25) is 0 Å². The fourth-order valence-corrected chi connectivity index (χ4v) is 1.28. The second kappa shape index (κ2) is 3.95. The van der Waals surface area contributed by atoms with Gasteiger partial charge in [-0.2, -0.15) is 0 Å². The van der Waals surface area contributed by atoms with Gasteiger partial charge in [-0.25, -0.2) is 0 Å². The maximum atomic E-state index is 2.30. The van der Waals surface area contributed by atoms with Crippen molar-refractivity contribution in [2.45, 2.75) is 34.1 Å². The van der Waals surface area contributed by atoms with Gasteiger partial charge in [0.1, 0.15) is 0 Å². The van der Waals surface area contributed by atoms with Crippen LogP contribution >= 0.6 is 0 Å². The van der Waals surface area contributed by atoms with Crippen molar-refractivity contribution in [1.29, 1.82) is 0 Å². The Morgan fingerprint density at radius 1 is 1.08 bits per heavy atom. The van der Waals surface area contributed by atoms with Gasteiger partial charge in [0.15, 0.2) is 0 Å². The van der Waals surface area contributed by atoms with Crippen LogP contribution in [0.4, 0.5) is 0 Å². The van der Waals surface area contributed by atoms with E-state index in [0.29, 0.717) is 5.41 Å². The SMILES string of the molecule is C[C](C)C(C)(C)Cc1ccccc1. The zero-order valence-electron chi connectivity index (χ0n) is 9.09. The lowest BCUT2D eigenvalue weighted by atomic mass is 9.76. The molecule has 0 bridgehead atoms. The largest absolute Gasteiger partial charge is 0.0622 e. The molecule has 0 N–H and O–H groups in total. The second-order valence-corrected chi connectivity index (χ2v) is 4.55. The first-order chi connectivity index (χ1) is 6.02.